The van der Waals surface area contributed by atoms with Crippen LogP contribution >= 0.6 is 0 Å². The van der Waals surface area contributed by atoms with Crippen molar-refractivity contribution in [3.63, 3.8) is 0 Å². The molecule has 1 aliphatic rings. The fourth-order valence-corrected chi connectivity index (χ4v) is 2.42. The van der Waals surface area contributed by atoms with Crippen LogP contribution in [0.4, 0.5) is 0 Å². The number of benzene rings is 1. The van der Waals surface area contributed by atoms with Gasteiger partial charge in [0, 0.05) is 24.0 Å². The van der Waals surface area contributed by atoms with Gasteiger partial charge < -0.3 is 9.84 Å². The summed E-state index contributed by atoms with van der Waals surface area (Å²) in [4.78, 5) is 12.2. The van der Waals surface area contributed by atoms with Gasteiger partial charge in [-0.3, -0.25) is 9.13 Å². The van der Waals surface area contributed by atoms with Gasteiger partial charge in [0.25, 0.3) is 0 Å². The molecule has 0 saturated heterocycles. The van der Waals surface area contributed by atoms with Gasteiger partial charge in [-0.15, -0.1) is 0 Å². The number of rotatable bonds is 5. The zero-order chi connectivity index (χ0) is 14.1. The number of aliphatic hydroxyl groups excluding tert-OH is 1. The van der Waals surface area contributed by atoms with Gasteiger partial charge in [0.1, 0.15) is 5.75 Å². The zero-order valence-corrected chi connectivity index (χ0v) is 11.5. The molecule has 1 aliphatic carbocycles. The molecule has 3 rings (SSSR count). The molecule has 5 nitrogen and oxygen atoms in total. The topological polar surface area (TPSA) is 56.4 Å². The molecule has 0 spiro atoms. The van der Waals surface area contributed by atoms with Crippen LogP contribution in [0.15, 0.2) is 35.4 Å². The van der Waals surface area contributed by atoms with Gasteiger partial charge in [-0.1, -0.05) is 6.07 Å². The minimum Gasteiger partial charge on any atom is -0.496 e. The van der Waals surface area contributed by atoms with Crippen LogP contribution in [0.2, 0.25) is 0 Å². The summed E-state index contributed by atoms with van der Waals surface area (Å²) in [6, 6.07) is 5.90. The van der Waals surface area contributed by atoms with E-state index in [9.17, 15) is 9.90 Å². The Labute approximate surface area is 117 Å². The molecule has 1 aromatic heterocycles. The van der Waals surface area contributed by atoms with Gasteiger partial charge in [0.2, 0.25) is 0 Å². The minimum atomic E-state index is -0.0189. The van der Waals surface area contributed by atoms with Crippen LogP contribution in [0.25, 0.3) is 0 Å². The molecule has 1 aromatic carbocycles. The summed E-state index contributed by atoms with van der Waals surface area (Å²) in [5.41, 5.74) is 1.73. The van der Waals surface area contributed by atoms with E-state index >= 15 is 0 Å². The number of nitrogens with zero attached hydrogens (tertiary/aromatic N) is 2. The van der Waals surface area contributed by atoms with E-state index in [1.807, 2.05) is 30.6 Å². The summed E-state index contributed by atoms with van der Waals surface area (Å²) in [5.74, 6) is 0.730. The highest BCUT2D eigenvalue weighted by Gasteiger charge is 2.25. The van der Waals surface area contributed by atoms with E-state index in [0.717, 1.165) is 29.7 Å². The Morgan fingerprint density at radius 3 is 2.80 bits per heavy atom. The zero-order valence-electron chi connectivity index (χ0n) is 11.5. The molecule has 0 bridgehead atoms. The summed E-state index contributed by atoms with van der Waals surface area (Å²) < 4.78 is 8.79. The Morgan fingerprint density at radius 1 is 1.35 bits per heavy atom. The Morgan fingerprint density at radius 2 is 2.15 bits per heavy atom. The number of methoxy groups -OCH3 is 1. The number of aromatic nitrogens is 2. The maximum absolute atomic E-state index is 12.2. The van der Waals surface area contributed by atoms with Crippen molar-refractivity contribution in [3.05, 3.63) is 52.2 Å². The number of aliphatic hydroxyl groups is 1. The SMILES string of the molecule is COc1ccc(CO)cc1Cn1ccn(C2CC2)c1=O. The molecule has 1 N–H and O–H groups in total. The lowest BCUT2D eigenvalue weighted by atomic mass is 10.1. The van der Waals surface area contributed by atoms with E-state index in [1.165, 1.54) is 0 Å². The molecule has 0 amide bonds. The lowest BCUT2D eigenvalue weighted by molar-refractivity contribution is 0.281. The summed E-state index contributed by atoms with van der Waals surface area (Å²) in [6.45, 7) is 0.435. The van der Waals surface area contributed by atoms with Crippen LogP contribution < -0.4 is 10.4 Å². The fraction of sp³-hybridized carbons (Fsp3) is 0.400. The number of ether oxygens (including phenoxy) is 1. The second-order valence-corrected chi connectivity index (χ2v) is 5.15. The monoisotopic (exact) mass is 274 g/mol. The van der Waals surface area contributed by atoms with Crippen LogP contribution in [-0.2, 0) is 13.2 Å². The Hall–Kier alpha value is -2.01. The molecule has 20 heavy (non-hydrogen) atoms. The molecule has 1 heterocycles. The second kappa shape index (κ2) is 5.17. The van der Waals surface area contributed by atoms with Crippen molar-refractivity contribution in [2.24, 2.45) is 0 Å². The quantitative estimate of drug-likeness (QED) is 0.899. The van der Waals surface area contributed by atoms with Gasteiger partial charge in [-0.2, -0.15) is 0 Å². The third-order valence-corrected chi connectivity index (χ3v) is 3.68. The molecule has 1 saturated carbocycles. The standard InChI is InChI=1S/C15H18N2O3/c1-20-14-5-2-11(10-18)8-12(14)9-16-6-7-17(15(16)19)13-3-4-13/h2,5-8,13,18H,3-4,9-10H2,1H3. The molecule has 106 valence electrons. The predicted molar refractivity (Wildman–Crippen MR) is 75.0 cm³/mol. The summed E-state index contributed by atoms with van der Waals surface area (Å²) in [5, 5.41) is 9.22. The van der Waals surface area contributed by atoms with Crippen molar-refractivity contribution in [2.45, 2.75) is 32.0 Å². The normalized spacial score (nSPS) is 14.5. The van der Waals surface area contributed by atoms with E-state index in [1.54, 1.807) is 16.2 Å². The Balaban J connectivity index is 1.92. The lowest BCUT2D eigenvalue weighted by Crippen LogP contribution is -2.24. The number of imidazole rings is 1. The fourth-order valence-electron chi connectivity index (χ4n) is 2.42. The van der Waals surface area contributed by atoms with Crippen LogP contribution in [0.5, 0.6) is 5.75 Å². The van der Waals surface area contributed by atoms with E-state index in [4.69, 9.17) is 4.74 Å². The maximum atomic E-state index is 12.2. The smallest absolute Gasteiger partial charge is 0.328 e. The third kappa shape index (κ3) is 2.36. The van der Waals surface area contributed by atoms with Crippen LogP contribution in [0.1, 0.15) is 30.0 Å². The first kappa shape index (κ1) is 13.0. The first-order chi connectivity index (χ1) is 9.72. The Kier molecular flexibility index (Phi) is 3.36. The average Bonchev–Trinajstić information content (AvgIpc) is 3.25. The maximum Gasteiger partial charge on any atom is 0.328 e. The van der Waals surface area contributed by atoms with Gasteiger partial charge in [-0.25, -0.2) is 4.79 Å². The average molecular weight is 274 g/mol. The number of hydrogen-bond acceptors (Lipinski definition) is 3. The summed E-state index contributed by atoms with van der Waals surface area (Å²) in [6.07, 6.45) is 5.84. The predicted octanol–water partition coefficient (Wildman–Crippen LogP) is 1.53. The molecule has 5 heteroatoms. The van der Waals surface area contributed by atoms with Crippen molar-refractivity contribution in [3.8, 4) is 5.75 Å². The van der Waals surface area contributed by atoms with Crippen molar-refractivity contribution in [2.75, 3.05) is 7.11 Å². The molecule has 2 aromatic rings. The van der Waals surface area contributed by atoms with Crippen molar-refractivity contribution < 1.29 is 9.84 Å². The largest absolute Gasteiger partial charge is 0.496 e. The van der Waals surface area contributed by atoms with E-state index < -0.39 is 0 Å². The molecular formula is C15H18N2O3. The lowest BCUT2D eigenvalue weighted by Gasteiger charge is -2.10. The first-order valence-electron chi connectivity index (χ1n) is 6.77. The summed E-state index contributed by atoms with van der Waals surface area (Å²) in [7, 11) is 1.61. The van der Waals surface area contributed by atoms with E-state index in [-0.39, 0.29) is 12.3 Å². The number of hydrogen-bond donors (Lipinski definition) is 1. The van der Waals surface area contributed by atoms with Gasteiger partial charge >= 0.3 is 5.69 Å². The molecule has 0 aliphatic heterocycles. The second-order valence-electron chi connectivity index (χ2n) is 5.15. The molecule has 0 atom stereocenters. The highest BCUT2D eigenvalue weighted by molar-refractivity contribution is 5.37. The van der Waals surface area contributed by atoms with E-state index in [0.29, 0.717) is 12.6 Å². The van der Waals surface area contributed by atoms with Crippen LogP contribution in [0.3, 0.4) is 0 Å². The molecule has 0 unspecified atom stereocenters. The Bertz CT molecular complexity index is 668. The summed E-state index contributed by atoms with van der Waals surface area (Å²) >= 11 is 0. The van der Waals surface area contributed by atoms with Crippen LogP contribution in [-0.4, -0.2) is 21.4 Å². The van der Waals surface area contributed by atoms with Crippen molar-refractivity contribution in [1.29, 1.82) is 0 Å². The minimum absolute atomic E-state index is 0.0176. The molecule has 1 fully saturated rings. The third-order valence-electron chi connectivity index (χ3n) is 3.68. The van der Waals surface area contributed by atoms with Gasteiger partial charge in [0.05, 0.1) is 20.3 Å². The first-order valence-corrected chi connectivity index (χ1v) is 6.77. The van der Waals surface area contributed by atoms with Crippen LogP contribution in [0, 0.1) is 0 Å². The van der Waals surface area contributed by atoms with Gasteiger partial charge in [0.15, 0.2) is 0 Å². The van der Waals surface area contributed by atoms with Crippen molar-refractivity contribution >= 4 is 0 Å². The van der Waals surface area contributed by atoms with E-state index in [2.05, 4.69) is 0 Å². The molecular weight excluding hydrogens is 256 g/mol. The van der Waals surface area contributed by atoms with Crippen molar-refractivity contribution in [1.82, 2.24) is 9.13 Å². The molecule has 0 radical (unpaired) electrons. The van der Waals surface area contributed by atoms with Gasteiger partial charge in [-0.05, 0) is 30.5 Å². The highest BCUT2D eigenvalue weighted by Crippen LogP contribution is 2.33. The highest BCUT2D eigenvalue weighted by atomic mass is 16.5.